The number of carbonyl (C=O) groups is 1. The molecule has 1 aromatic carbocycles. The van der Waals surface area contributed by atoms with E-state index in [0.717, 1.165) is 36.5 Å². The number of benzene rings is 1. The molecule has 0 saturated heterocycles. The summed E-state index contributed by atoms with van der Waals surface area (Å²) in [6.07, 6.45) is 3.51. The Morgan fingerprint density at radius 1 is 1.17 bits per heavy atom. The Morgan fingerprint density at radius 2 is 1.96 bits per heavy atom. The van der Waals surface area contributed by atoms with Crippen LogP contribution in [0.15, 0.2) is 24.3 Å². The van der Waals surface area contributed by atoms with E-state index in [1.165, 1.54) is 12.8 Å². The van der Waals surface area contributed by atoms with Crippen molar-refractivity contribution in [1.29, 1.82) is 0 Å². The van der Waals surface area contributed by atoms with Crippen LogP contribution in [-0.2, 0) is 11.3 Å². The Balaban J connectivity index is 0.00000135. The number of fused-ring (bicyclic) bond motifs is 5. The molecule has 2 fully saturated rings. The standard InChI is InChI=1S/C17H20N4O.ClH/c18-15-11-6-5-10(9-11)14(15)16(22)21-8-7-20-13-4-2-1-3-12(13)19-17(20)21;/h1-4,10-11,14-15H,5-9,18H2;1H. The maximum absolute atomic E-state index is 13.1. The molecule has 2 bridgehead atoms. The van der Waals surface area contributed by atoms with Gasteiger partial charge in [-0.15, -0.1) is 12.4 Å². The summed E-state index contributed by atoms with van der Waals surface area (Å²) in [7, 11) is 0. The number of para-hydroxylation sites is 2. The fraction of sp³-hybridized carbons (Fsp3) is 0.529. The predicted molar refractivity (Wildman–Crippen MR) is 91.6 cm³/mol. The largest absolute Gasteiger partial charge is 0.327 e. The molecule has 3 aliphatic rings. The van der Waals surface area contributed by atoms with Crippen molar-refractivity contribution >= 4 is 35.3 Å². The Morgan fingerprint density at radius 3 is 2.74 bits per heavy atom. The number of nitrogens with zero attached hydrogens (tertiary/aromatic N) is 3. The quantitative estimate of drug-likeness (QED) is 0.870. The van der Waals surface area contributed by atoms with Crippen LogP contribution in [0.5, 0.6) is 0 Å². The van der Waals surface area contributed by atoms with Crippen LogP contribution in [0.4, 0.5) is 5.95 Å². The lowest BCUT2D eigenvalue weighted by Crippen LogP contribution is -2.47. The Labute approximate surface area is 141 Å². The summed E-state index contributed by atoms with van der Waals surface area (Å²) in [6.45, 7) is 1.56. The molecule has 4 unspecified atom stereocenters. The van der Waals surface area contributed by atoms with Crippen LogP contribution in [0.3, 0.4) is 0 Å². The summed E-state index contributed by atoms with van der Waals surface area (Å²) in [5.74, 6) is 2.06. The van der Waals surface area contributed by atoms with Crippen LogP contribution in [0.25, 0.3) is 11.0 Å². The molecule has 2 N–H and O–H groups in total. The third-order valence-corrected chi connectivity index (χ3v) is 5.95. The van der Waals surface area contributed by atoms with Crippen molar-refractivity contribution in [3.63, 3.8) is 0 Å². The summed E-state index contributed by atoms with van der Waals surface area (Å²) in [5, 5.41) is 0. The maximum Gasteiger partial charge on any atom is 0.234 e. The molecule has 6 heteroatoms. The van der Waals surface area contributed by atoms with E-state index in [0.29, 0.717) is 11.8 Å². The van der Waals surface area contributed by atoms with Gasteiger partial charge in [0.15, 0.2) is 0 Å². The first-order valence-corrected chi connectivity index (χ1v) is 8.26. The van der Waals surface area contributed by atoms with Gasteiger partial charge >= 0.3 is 0 Å². The van der Waals surface area contributed by atoms with Crippen molar-refractivity contribution in [1.82, 2.24) is 9.55 Å². The van der Waals surface area contributed by atoms with Gasteiger partial charge in [-0.25, -0.2) is 4.98 Å². The molecule has 2 aliphatic carbocycles. The number of carbonyl (C=O) groups excluding carboxylic acids is 1. The maximum atomic E-state index is 13.1. The zero-order chi connectivity index (χ0) is 14.8. The van der Waals surface area contributed by atoms with Gasteiger partial charge in [0.2, 0.25) is 11.9 Å². The lowest BCUT2D eigenvalue weighted by atomic mass is 9.84. The van der Waals surface area contributed by atoms with Gasteiger partial charge in [-0.2, -0.15) is 0 Å². The molecule has 0 spiro atoms. The van der Waals surface area contributed by atoms with E-state index in [-0.39, 0.29) is 30.3 Å². The van der Waals surface area contributed by atoms with Crippen molar-refractivity contribution in [3.05, 3.63) is 24.3 Å². The number of hydrogen-bond acceptors (Lipinski definition) is 3. The van der Waals surface area contributed by atoms with E-state index >= 15 is 0 Å². The summed E-state index contributed by atoms with van der Waals surface area (Å²) >= 11 is 0. The zero-order valence-corrected chi connectivity index (χ0v) is 13.7. The van der Waals surface area contributed by atoms with Crippen LogP contribution in [0.1, 0.15) is 19.3 Å². The highest BCUT2D eigenvalue weighted by Gasteiger charge is 2.51. The number of nitrogens with two attached hydrogens (primary N) is 1. The summed E-state index contributed by atoms with van der Waals surface area (Å²) in [4.78, 5) is 19.6. The minimum Gasteiger partial charge on any atom is -0.327 e. The van der Waals surface area contributed by atoms with Gasteiger partial charge in [-0.1, -0.05) is 12.1 Å². The number of imidazole rings is 1. The smallest absolute Gasteiger partial charge is 0.234 e. The second-order valence-corrected chi connectivity index (χ2v) is 6.98. The molecule has 2 heterocycles. The normalized spacial score (nSPS) is 31.4. The number of aromatic nitrogens is 2. The van der Waals surface area contributed by atoms with Crippen molar-refractivity contribution in [2.24, 2.45) is 23.5 Å². The van der Waals surface area contributed by atoms with Crippen molar-refractivity contribution in [2.45, 2.75) is 31.8 Å². The van der Waals surface area contributed by atoms with E-state index in [9.17, 15) is 4.79 Å². The molecule has 1 amide bonds. The predicted octanol–water partition coefficient (Wildman–Crippen LogP) is 2.18. The lowest BCUT2D eigenvalue weighted by molar-refractivity contribution is -0.124. The van der Waals surface area contributed by atoms with E-state index in [4.69, 9.17) is 5.73 Å². The average Bonchev–Trinajstić information content (AvgIpc) is 3.26. The fourth-order valence-corrected chi connectivity index (χ4v) is 4.88. The number of hydrogen-bond donors (Lipinski definition) is 1. The van der Waals surface area contributed by atoms with Gasteiger partial charge in [-0.05, 0) is 43.2 Å². The van der Waals surface area contributed by atoms with Crippen LogP contribution < -0.4 is 10.6 Å². The van der Waals surface area contributed by atoms with E-state index in [2.05, 4.69) is 15.6 Å². The van der Waals surface area contributed by atoms with Gasteiger partial charge in [0, 0.05) is 19.1 Å². The molecule has 122 valence electrons. The lowest BCUT2D eigenvalue weighted by Gasteiger charge is -2.29. The molecule has 2 saturated carbocycles. The van der Waals surface area contributed by atoms with Crippen LogP contribution >= 0.6 is 12.4 Å². The highest BCUT2D eigenvalue weighted by Crippen LogP contribution is 2.48. The molecular weight excluding hydrogens is 312 g/mol. The van der Waals surface area contributed by atoms with E-state index in [1.54, 1.807) is 0 Å². The van der Waals surface area contributed by atoms with E-state index < -0.39 is 0 Å². The number of anilines is 1. The minimum atomic E-state index is 0. The minimum absolute atomic E-state index is 0. The fourth-order valence-electron chi connectivity index (χ4n) is 4.88. The first-order chi connectivity index (χ1) is 10.7. The van der Waals surface area contributed by atoms with E-state index in [1.807, 2.05) is 23.1 Å². The molecule has 5 rings (SSSR count). The van der Waals surface area contributed by atoms with Crippen LogP contribution in [-0.4, -0.2) is 28.0 Å². The Kier molecular flexibility index (Phi) is 3.39. The highest BCUT2D eigenvalue weighted by atomic mass is 35.5. The van der Waals surface area contributed by atoms with Crippen molar-refractivity contribution in [2.75, 3.05) is 11.4 Å². The molecule has 4 atom stereocenters. The second-order valence-electron chi connectivity index (χ2n) is 6.98. The topological polar surface area (TPSA) is 64.2 Å². The molecule has 2 aromatic rings. The van der Waals surface area contributed by atoms with Gasteiger partial charge in [0.05, 0.1) is 17.0 Å². The molecule has 23 heavy (non-hydrogen) atoms. The monoisotopic (exact) mass is 332 g/mol. The summed E-state index contributed by atoms with van der Waals surface area (Å²) < 4.78 is 2.16. The summed E-state index contributed by atoms with van der Waals surface area (Å²) in [5.41, 5.74) is 8.43. The van der Waals surface area contributed by atoms with Gasteiger partial charge in [-0.3, -0.25) is 9.69 Å². The zero-order valence-electron chi connectivity index (χ0n) is 12.9. The number of rotatable bonds is 1. The van der Waals surface area contributed by atoms with Crippen LogP contribution in [0.2, 0.25) is 0 Å². The number of halogens is 1. The Bertz CT molecular complexity index is 771. The number of amides is 1. The van der Waals surface area contributed by atoms with Crippen LogP contribution in [0, 0.1) is 17.8 Å². The SMILES string of the molecule is Cl.NC1C2CCC(C2)C1C(=O)N1CCn2c1nc1ccccc12. The third kappa shape index (κ3) is 1.96. The second kappa shape index (κ2) is 5.21. The van der Waals surface area contributed by atoms with Crippen molar-refractivity contribution in [3.8, 4) is 0 Å². The van der Waals surface area contributed by atoms with Crippen molar-refractivity contribution < 1.29 is 4.79 Å². The van der Waals surface area contributed by atoms with Gasteiger partial charge < -0.3 is 10.3 Å². The first kappa shape index (κ1) is 15.0. The Hall–Kier alpha value is -1.59. The highest BCUT2D eigenvalue weighted by molar-refractivity contribution is 5.97. The summed E-state index contributed by atoms with van der Waals surface area (Å²) in [6, 6.07) is 8.14. The molecule has 1 aromatic heterocycles. The average molecular weight is 333 g/mol. The molecule has 5 nitrogen and oxygen atoms in total. The molecule has 1 aliphatic heterocycles. The first-order valence-electron chi connectivity index (χ1n) is 8.26. The molecule has 0 radical (unpaired) electrons. The van der Waals surface area contributed by atoms with Gasteiger partial charge in [0.25, 0.3) is 0 Å². The molecular formula is C17H21ClN4O. The third-order valence-electron chi connectivity index (χ3n) is 5.95. The van der Waals surface area contributed by atoms with Gasteiger partial charge in [0.1, 0.15) is 0 Å².